The number of hydrogen-bond donors (Lipinski definition) is 1. The smallest absolute Gasteiger partial charge is 0.251 e. The SMILES string of the molecule is COc1ccc(C(=O)NCCCN2C[C@H](C)C[C@@H](C)C2)cc1OC. The number of piperidine rings is 1. The van der Waals surface area contributed by atoms with Crippen LogP contribution in [0.5, 0.6) is 11.5 Å². The van der Waals surface area contributed by atoms with Crippen molar-refractivity contribution in [3.8, 4) is 11.5 Å². The van der Waals surface area contributed by atoms with Gasteiger partial charge in [0.2, 0.25) is 0 Å². The molecule has 5 nitrogen and oxygen atoms in total. The fraction of sp³-hybridized carbons (Fsp3) is 0.632. The lowest BCUT2D eigenvalue weighted by Gasteiger charge is -2.34. The van der Waals surface area contributed by atoms with Crippen molar-refractivity contribution in [1.29, 1.82) is 0 Å². The summed E-state index contributed by atoms with van der Waals surface area (Å²) in [5.41, 5.74) is 0.591. The average Bonchev–Trinajstić information content (AvgIpc) is 2.57. The Hall–Kier alpha value is -1.75. The second kappa shape index (κ2) is 8.92. The van der Waals surface area contributed by atoms with Gasteiger partial charge in [0.05, 0.1) is 14.2 Å². The van der Waals surface area contributed by atoms with E-state index in [9.17, 15) is 4.79 Å². The molecular weight excluding hydrogens is 304 g/mol. The lowest BCUT2D eigenvalue weighted by Crippen LogP contribution is -2.40. The normalized spacial score (nSPS) is 21.3. The predicted octanol–water partition coefficient (Wildman–Crippen LogP) is 2.80. The van der Waals surface area contributed by atoms with Crippen molar-refractivity contribution in [1.82, 2.24) is 10.2 Å². The van der Waals surface area contributed by atoms with Crippen molar-refractivity contribution in [2.45, 2.75) is 26.7 Å². The number of methoxy groups -OCH3 is 2. The van der Waals surface area contributed by atoms with Gasteiger partial charge in [-0.1, -0.05) is 13.8 Å². The Balaban J connectivity index is 1.77. The van der Waals surface area contributed by atoms with Crippen molar-refractivity contribution in [2.75, 3.05) is 40.4 Å². The summed E-state index contributed by atoms with van der Waals surface area (Å²) >= 11 is 0. The van der Waals surface area contributed by atoms with E-state index in [-0.39, 0.29) is 5.91 Å². The van der Waals surface area contributed by atoms with Gasteiger partial charge in [-0.2, -0.15) is 0 Å². The van der Waals surface area contributed by atoms with Gasteiger partial charge < -0.3 is 19.7 Å². The molecule has 24 heavy (non-hydrogen) atoms. The van der Waals surface area contributed by atoms with Crippen LogP contribution in [0.25, 0.3) is 0 Å². The van der Waals surface area contributed by atoms with E-state index < -0.39 is 0 Å². The summed E-state index contributed by atoms with van der Waals surface area (Å²) in [5, 5.41) is 2.99. The van der Waals surface area contributed by atoms with Gasteiger partial charge in [0, 0.05) is 25.2 Å². The summed E-state index contributed by atoms with van der Waals surface area (Å²) in [6.07, 6.45) is 2.30. The van der Waals surface area contributed by atoms with E-state index in [4.69, 9.17) is 9.47 Å². The van der Waals surface area contributed by atoms with Gasteiger partial charge in [-0.25, -0.2) is 0 Å². The third-order valence-electron chi connectivity index (χ3n) is 4.53. The molecule has 0 aliphatic carbocycles. The standard InChI is InChI=1S/C19H30N2O3/c1-14-10-15(2)13-21(12-14)9-5-8-20-19(22)16-6-7-17(23-3)18(11-16)24-4/h6-7,11,14-15H,5,8-10,12-13H2,1-4H3,(H,20,22)/t14-,15-/m1/s1. The van der Waals surface area contributed by atoms with E-state index in [1.165, 1.54) is 19.5 Å². The highest BCUT2D eigenvalue weighted by atomic mass is 16.5. The van der Waals surface area contributed by atoms with Crippen molar-refractivity contribution in [3.05, 3.63) is 23.8 Å². The first-order valence-electron chi connectivity index (χ1n) is 8.76. The molecule has 1 amide bonds. The topological polar surface area (TPSA) is 50.8 Å². The summed E-state index contributed by atoms with van der Waals surface area (Å²) in [5.74, 6) is 2.67. The summed E-state index contributed by atoms with van der Waals surface area (Å²) in [6.45, 7) is 8.72. The first kappa shape index (κ1) is 18.6. The summed E-state index contributed by atoms with van der Waals surface area (Å²) in [7, 11) is 3.15. The van der Waals surface area contributed by atoms with Crippen LogP contribution in [-0.4, -0.2) is 51.2 Å². The van der Waals surface area contributed by atoms with Crippen LogP contribution in [0.1, 0.15) is 37.0 Å². The Morgan fingerprint density at radius 2 is 1.83 bits per heavy atom. The maximum atomic E-state index is 12.2. The molecule has 1 aromatic carbocycles. The van der Waals surface area contributed by atoms with E-state index in [1.807, 2.05) is 0 Å². The van der Waals surface area contributed by atoms with Crippen LogP contribution >= 0.6 is 0 Å². The van der Waals surface area contributed by atoms with Gasteiger partial charge in [0.25, 0.3) is 5.91 Å². The number of amides is 1. The fourth-order valence-corrected chi connectivity index (χ4v) is 3.56. The number of nitrogens with zero attached hydrogens (tertiary/aromatic N) is 1. The van der Waals surface area contributed by atoms with Crippen LogP contribution in [-0.2, 0) is 0 Å². The predicted molar refractivity (Wildman–Crippen MR) is 95.9 cm³/mol. The molecule has 5 heteroatoms. The molecule has 2 rings (SSSR count). The number of hydrogen-bond acceptors (Lipinski definition) is 4. The van der Waals surface area contributed by atoms with Crippen molar-refractivity contribution in [2.24, 2.45) is 11.8 Å². The number of benzene rings is 1. The van der Waals surface area contributed by atoms with Crippen molar-refractivity contribution < 1.29 is 14.3 Å². The maximum Gasteiger partial charge on any atom is 0.251 e. The second-order valence-corrected chi connectivity index (χ2v) is 6.88. The summed E-state index contributed by atoms with van der Waals surface area (Å²) < 4.78 is 10.4. The highest BCUT2D eigenvalue weighted by Crippen LogP contribution is 2.27. The van der Waals surface area contributed by atoms with Crippen molar-refractivity contribution >= 4 is 5.91 Å². The molecule has 0 bridgehead atoms. The highest BCUT2D eigenvalue weighted by molar-refractivity contribution is 5.94. The van der Waals surface area contributed by atoms with Gasteiger partial charge in [0.15, 0.2) is 11.5 Å². The molecule has 2 atom stereocenters. The molecule has 1 aromatic rings. The molecule has 0 spiro atoms. The van der Waals surface area contributed by atoms with Crippen LogP contribution in [0.15, 0.2) is 18.2 Å². The van der Waals surface area contributed by atoms with Gasteiger partial charge in [0.1, 0.15) is 0 Å². The van der Waals surface area contributed by atoms with E-state index in [0.717, 1.165) is 24.8 Å². The molecule has 0 saturated carbocycles. The Bertz CT molecular complexity index is 537. The van der Waals surface area contributed by atoms with E-state index in [1.54, 1.807) is 32.4 Å². The number of carbonyl (C=O) groups excluding carboxylic acids is 1. The molecule has 1 aliphatic rings. The number of likely N-dealkylation sites (tertiary alicyclic amines) is 1. The molecule has 1 saturated heterocycles. The number of nitrogens with one attached hydrogen (secondary N) is 1. The molecule has 1 heterocycles. The summed E-state index contributed by atoms with van der Waals surface area (Å²) in [6, 6.07) is 5.22. The molecule has 1 N–H and O–H groups in total. The zero-order valence-corrected chi connectivity index (χ0v) is 15.3. The molecule has 0 unspecified atom stereocenters. The number of carbonyl (C=O) groups is 1. The van der Waals surface area contributed by atoms with Crippen LogP contribution in [0.4, 0.5) is 0 Å². The lowest BCUT2D eigenvalue weighted by atomic mass is 9.92. The van der Waals surface area contributed by atoms with Gasteiger partial charge in [-0.15, -0.1) is 0 Å². The zero-order valence-electron chi connectivity index (χ0n) is 15.3. The second-order valence-electron chi connectivity index (χ2n) is 6.88. The minimum atomic E-state index is -0.0728. The van der Waals surface area contributed by atoms with E-state index in [2.05, 4.69) is 24.1 Å². The number of rotatable bonds is 7. The molecule has 1 fully saturated rings. The Morgan fingerprint density at radius 3 is 2.46 bits per heavy atom. The number of ether oxygens (including phenoxy) is 2. The largest absolute Gasteiger partial charge is 0.493 e. The Labute approximate surface area is 145 Å². The minimum Gasteiger partial charge on any atom is -0.493 e. The molecule has 0 radical (unpaired) electrons. The van der Waals surface area contributed by atoms with E-state index in [0.29, 0.717) is 23.6 Å². The molecule has 0 aromatic heterocycles. The zero-order chi connectivity index (χ0) is 17.5. The van der Waals surface area contributed by atoms with Crippen LogP contribution < -0.4 is 14.8 Å². The van der Waals surface area contributed by atoms with Crippen LogP contribution in [0.2, 0.25) is 0 Å². The lowest BCUT2D eigenvalue weighted by molar-refractivity contribution is 0.0947. The monoisotopic (exact) mass is 334 g/mol. The van der Waals surface area contributed by atoms with E-state index >= 15 is 0 Å². The van der Waals surface area contributed by atoms with Gasteiger partial charge in [-0.3, -0.25) is 4.79 Å². The van der Waals surface area contributed by atoms with Crippen molar-refractivity contribution in [3.63, 3.8) is 0 Å². The third kappa shape index (κ3) is 5.13. The Kier molecular flexibility index (Phi) is 6.91. The average molecular weight is 334 g/mol. The molecule has 134 valence electrons. The highest BCUT2D eigenvalue weighted by Gasteiger charge is 2.21. The first-order chi connectivity index (χ1) is 11.5. The third-order valence-corrected chi connectivity index (χ3v) is 4.53. The maximum absolute atomic E-state index is 12.2. The molecular formula is C19H30N2O3. The minimum absolute atomic E-state index is 0.0728. The van der Waals surface area contributed by atoms with Gasteiger partial charge in [-0.05, 0) is 49.4 Å². The van der Waals surface area contributed by atoms with Crippen LogP contribution in [0.3, 0.4) is 0 Å². The van der Waals surface area contributed by atoms with Crippen LogP contribution in [0, 0.1) is 11.8 Å². The van der Waals surface area contributed by atoms with Gasteiger partial charge >= 0.3 is 0 Å². The fourth-order valence-electron chi connectivity index (χ4n) is 3.56. The first-order valence-corrected chi connectivity index (χ1v) is 8.76. The quantitative estimate of drug-likeness (QED) is 0.779. The Morgan fingerprint density at radius 1 is 1.17 bits per heavy atom. The molecule has 1 aliphatic heterocycles. The summed E-state index contributed by atoms with van der Waals surface area (Å²) in [4.78, 5) is 14.8.